The van der Waals surface area contributed by atoms with Crippen LogP contribution >= 0.6 is 0 Å². The Hall–Kier alpha value is -1.42. The molecule has 1 atom stereocenters. The Morgan fingerprint density at radius 2 is 2.45 bits per heavy atom. The highest BCUT2D eigenvalue weighted by molar-refractivity contribution is 5.79. The maximum Gasteiger partial charge on any atom is 0.250 e. The average Bonchev–Trinajstić information content (AvgIpc) is 2.05. The van der Waals surface area contributed by atoms with Gasteiger partial charge in [-0.3, -0.25) is 9.78 Å². The molecule has 0 saturated heterocycles. The van der Waals surface area contributed by atoms with Crippen molar-refractivity contribution in [3.63, 3.8) is 0 Å². The van der Waals surface area contributed by atoms with Crippen molar-refractivity contribution < 1.29 is 9.90 Å². The minimum Gasteiger partial charge on any atom is -0.378 e. The van der Waals surface area contributed by atoms with E-state index in [1.807, 2.05) is 0 Å². The summed E-state index contributed by atoms with van der Waals surface area (Å²) in [7, 11) is 0. The lowest BCUT2D eigenvalue weighted by atomic mass is 10.1. The molecule has 1 heterocycles. The van der Waals surface area contributed by atoms with Crippen LogP contribution in [0.3, 0.4) is 0 Å². The number of aliphatic hydroxyl groups excluding tert-OH is 1. The van der Waals surface area contributed by atoms with Gasteiger partial charge < -0.3 is 10.8 Å². The Labute approximate surface area is 63.7 Å². The van der Waals surface area contributed by atoms with E-state index in [-0.39, 0.29) is 0 Å². The highest BCUT2D eigenvalue weighted by Gasteiger charge is 2.12. The molecule has 3 N–H and O–H groups in total. The van der Waals surface area contributed by atoms with Gasteiger partial charge in [0.25, 0.3) is 5.91 Å². The summed E-state index contributed by atoms with van der Waals surface area (Å²) < 4.78 is 0. The Morgan fingerprint density at radius 1 is 1.73 bits per heavy atom. The standard InChI is InChI=1S/C7H8N2O2/c8-7(11)6(10)5-2-1-3-9-4-5/h1-4,6,10H,(H2,8,11)/t6-/m1/s1. The maximum absolute atomic E-state index is 10.4. The maximum atomic E-state index is 10.4. The molecule has 4 nitrogen and oxygen atoms in total. The molecule has 0 radical (unpaired) electrons. The number of nitrogens with zero attached hydrogens (tertiary/aromatic N) is 1. The molecule has 0 fully saturated rings. The van der Waals surface area contributed by atoms with Crippen molar-refractivity contribution in [1.29, 1.82) is 0 Å². The Bertz CT molecular complexity index is 248. The van der Waals surface area contributed by atoms with E-state index in [4.69, 9.17) is 10.8 Å². The highest BCUT2D eigenvalue weighted by atomic mass is 16.3. The SMILES string of the molecule is NC(=O)[C@H](O)c1cccnc1. The van der Waals surface area contributed by atoms with Crippen LogP contribution in [0.15, 0.2) is 24.5 Å². The van der Waals surface area contributed by atoms with Crippen LogP contribution in [0.25, 0.3) is 0 Å². The van der Waals surface area contributed by atoms with E-state index in [1.54, 1.807) is 18.3 Å². The molecular formula is C7H8N2O2. The lowest BCUT2D eigenvalue weighted by Gasteiger charge is -2.03. The third kappa shape index (κ3) is 1.75. The number of amides is 1. The predicted octanol–water partition coefficient (Wildman–Crippen LogP) is -0.400. The van der Waals surface area contributed by atoms with Crippen molar-refractivity contribution in [3.05, 3.63) is 30.1 Å². The largest absolute Gasteiger partial charge is 0.378 e. The van der Waals surface area contributed by atoms with Crippen molar-refractivity contribution in [1.82, 2.24) is 4.98 Å². The van der Waals surface area contributed by atoms with E-state index >= 15 is 0 Å². The fourth-order valence-corrected chi connectivity index (χ4v) is 0.702. The summed E-state index contributed by atoms with van der Waals surface area (Å²) in [6.45, 7) is 0. The molecule has 0 spiro atoms. The van der Waals surface area contributed by atoms with Crippen molar-refractivity contribution >= 4 is 5.91 Å². The second-order valence-electron chi connectivity index (χ2n) is 2.09. The van der Waals surface area contributed by atoms with E-state index in [2.05, 4.69) is 4.98 Å². The van der Waals surface area contributed by atoms with Crippen molar-refractivity contribution in [2.75, 3.05) is 0 Å². The number of primary amides is 1. The van der Waals surface area contributed by atoms with Gasteiger partial charge in [-0.2, -0.15) is 0 Å². The minimum absolute atomic E-state index is 0.417. The van der Waals surface area contributed by atoms with E-state index in [9.17, 15) is 4.79 Å². The van der Waals surface area contributed by atoms with Gasteiger partial charge in [0.05, 0.1) is 0 Å². The zero-order valence-corrected chi connectivity index (χ0v) is 5.77. The summed E-state index contributed by atoms with van der Waals surface area (Å²) in [5.74, 6) is -0.766. The first-order valence-electron chi connectivity index (χ1n) is 3.09. The van der Waals surface area contributed by atoms with Crippen LogP contribution in [0.1, 0.15) is 11.7 Å². The molecule has 1 aromatic rings. The van der Waals surface area contributed by atoms with Crippen LogP contribution in [0.2, 0.25) is 0 Å². The molecule has 0 aliphatic heterocycles. The molecule has 1 amide bonds. The molecular weight excluding hydrogens is 144 g/mol. The third-order valence-electron chi connectivity index (χ3n) is 1.27. The molecule has 0 saturated carbocycles. The van der Waals surface area contributed by atoms with Gasteiger partial charge >= 0.3 is 0 Å². The monoisotopic (exact) mass is 152 g/mol. The van der Waals surface area contributed by atoms with Gasteiger partial charge in [-0.05, 0) is 6.07 Å². The summed E-state index contributed by atoms with van der Waals surface area (Å²) >= 11 is 0. The molecule has 0 aliphatic rings. The smallest absolute Gasteiger partial charge is 0.250 e. The molecule has 0 bridgehead atoms. The quantitative estimate of drug-likeness (QED) is 0.605. The number of hydrogen-bond donors (Lipinski definition) is 2. The van der Waals surface area contributed by atoms with Gasteiger partial charge in [-0.15, -0.1) is 0 Å². The van der Waals surface area contributed by atoms with Gasteiger partial charge in [-0.1, -0.05) is 6.07 Å². The first-order valence-corrected chi connectivity index (χ1v) is 3.09. The molecule has 11 heavy (non-hydrogen) atoms. The first-order chi connectivity index (χ1) is 5.22. The average molecular weight is 152 g/mol. The van der Waals surface area contributed by atoms with Crippen LogP contribution < -0.4 is 5.73 Å². The number of hydrogen-bond acceptors (Lipinski definition) is 3. The Morgan fingerprint density at radius 3 is 2.91 bits per heavy atom. The number of rotatable bonds is 2. The molecule has 1 aromatic heterocycles. The van der Waals surface area contributed by atoms with E-state index in [0.29, 0.717) is 5.56 Å². The number of aromatic nitrogens is 1. The summed E-state index contributed by atoms with van der Waals surface area (Å²) in [5.41, 5.74) is 5.27. The number of nitrogens with two attached hydrogens (primary N) is 1. The lowest BCUT2D eigenvalue weighted by Crippen LogP contribution is -2.20. The van der Waals surface area contributed by atoms with Gasteiger partial charge in [0.1, 0.15) is 0 Å². The molecule has 0 aliphatic carbocycles. The van der Waals surface area contributed by atoms with Crippen molar-refractivity contribution in [2.24, 2.45) is 5.73 Å². The minimum atomic E-state index is -1.25. The second kappa shape index (κ2) is 3.12. The first kappa shape index (κ1) is 7.68. The molecule has 0 unspecified atom stereocenters. The Kier molecular flexibility index (Phi) is 2.18. The van der Waals surface area contributed by atoms with Crippen LogP contribution in [0, 0.1) is 0 Å². The molecule has 58 valence electrons. The summed E-state index contributed by atoms with van der Waals surface area (Å²) in [5, 5.41) is 9.08. The van der Waals surface area contributed by atoms with Gasteiger partial charge in [0, 0.05) is 18.0 Å². The lowest BCUT2D eigenvalue weighted by molar-refractivity contribution is -0.126. The van der Waals surface area contributed by atoms with E-state index in [1.165, 1.54) is 6.20 Å². The summed E-state index contributed by atoms with van der Waals surface area (Å²) in [6, 6.07) is 3.21. The number of carbonyl (C=O) groups is 1. The van der Waals surface area contributed by atoms with E-state index < -0.39 is 12.0 Å². The van der Waals surface area contributed by atoms with Gasteiger partial charge in [-0.25, -0.2) is 0 Å². The molecule has 0 aromatic carbocycles. The highest BCUT2D eigenvalue weighted by Crippen LogP contribution is 2.08. The number of aliphatic hydroxyl groups is 1. The fourth-order valence-electron chi connectivity index (χ4n) is 0.702. The van der Waals surface area contributed by atoms with Crippen LogP contribution in [-0.4, -0.2) is 16.0 Å². The molecule has 1 rings (SSSR count). The van der Waals surface area contributed by atoms with Gasteiger partial charge in [0.15, 0.2) is 6.10 Å². The topological polar surface area (TPSA) is 76.2 Å². The van der Waals surface area contributed by atoms with Gasteiger partial charge in [0.2, 0.25) is 0 Å². The van der Waals surface area contributed by atoms with Crippen molar-refractivity contribution in [2.45, 2.75) is 6.10 Å². The predicted molar refractivity (Wildman–Crippen MR) is 38.4 cm³/mol. The molecule has 4 heteroatoms. The summed E-state index contributed by atoms with van der Waals surface area (Å²) in [4.78, 5) is 14.2. The van der Waals surface area contributed by atoms with Crippen LogP contribution in [0.4, 0.5) is 0 Å². The second-order valence-corrected chi connectivity index (χ2v) is 2.09. The number of carbonyl (C=O) groups excluding carboxylic acids is 1. The van der Waals surface area contributed by atoms with E-state index in [0.717, 1.165) is 0 Å². The number of pyridine rings is 1. The zero-order valence-electron chi connectivity index (χ0n) is 5.77. The fraction of sp³-hybridized carbons (Fsp3) is 0.143. The summed E-state index contributed by atoms with van der Waals surface area (Å²) in [6.07, 6.45) is 1.70. The van der Waals surface area contributed by atoms with Crippen LogP contribution in [0.5, 0.6) is 0 Å². The van der Waals surface area contributed by atoms with Crippen LogP contribution in [-0.2, 0) is 4.79 Å². The van der Waals surface area contributed by atoms with Crippen molar-refractivity contribution in [3.8, 4) is 0 Å². The zero-order chi connectivity index (χ0) is 8.27. The normalized spacial score (nSPS) is 12.5. The Balaban J connectivity index is 2.85. The third-order valence-corrected chi connectivity index (χ3v) is 1.27.